The number of halogens is 2. The fraction of sp³-hybridized carbons (Fsp3) is 0.611. The van der Waals surface area contributed by atoms with E-state index in [4.69, 9.17) is 0 Å². The van der Waals surface area contributed by atoms with Gasteiger partial charge in [-0.15, -0.1) is 0 Å². The number of carbonyl (C=O) groups is 1. The number of carbonyl (C=O) groups excluding carboxylic acids is 1. The number of alkyl halides is 2. The molecule has 2 saturated heterocycles. The lowest BCUT2D eigenvalue weighted by Gasteiger charge is -2.26. The van der Waals surface area contributed by atoms with Gasteiger partial charge in [-0.1, -0.05) is 18.6 Å². The molecule has 24 heavy (non-hydrogen) atoms. The van der Waals surface area contributed by atoms with Crippen LogP contribution in [-0.2, 0) is 11.2 Å². The molecule has 0 spiro atoms. The Balaban J connectivity index is 1.46. The number of amides is 1. The molecule has 2 aliphatic heterocycles. The van der Waals surface area contributed by atoms with E-state index in [9.17, 15) is 13.6 Å². The molecule has 1 amide bonds. The molecule has 4 nitrogen and oxygen atoms in total. The zero-order valence-corrected chi connectivity index (χ0v) is 13.9. The minimum absolute atomic E-state index is 0.395. The van der Waals surface area contributed by atoms with E-state index in [0.717, 1.165) is 13.0 Å². The van der Waals surface area contributed by atoms with Crippen molar-refractivity contribution in [1.29, 1.82) is 0 Å². The summed E-state index contributed by atoms with van der Waals surface area (Å²) in [5.74, 6) is -3.19. The van der Waals surface area contributed by atoms with Gasteiger partial charge in [-0.05, 0) is 50.0 Å². The molecule has 3 rings (SSSR count). The van der Waals surface area contributed by atoms with Crippen molar-refractivity contribution in [2.45, 2.75) is 44.1 Å². The lowest BCUT2D eigenvalue weighted by molar-refractivity contribution is -0.118. The molecule has 2 fully saturated rings. The minimum atomic E-state index is -2.79. The summed E-state index contributed by atoms with van der Waals surface area (Å²) in [5, 5.41) is 5.28. The van der Waals surface area contributed by atoms with Crippen LogP contribution in [0.2, 0.25) is 0 Å². The molecular formula is C18H25F2N3O. The molecule has 2 N–H and O–H groups in total. The monoisotopic (exact) mass is 337 g/mol. The predicted octanol–water partition coefficient (Wildman–Crippen LogP) is 2.65. The van der Waals surface area contributed by atoms with Gasteiger partial charge in [0.15, 0.2) is 0 Å². The second-order valence-corrected chi connectivity index (χ2v) is 6.83. The summed E-state index contributed by atoms with van der Waals surface area (Å²) in [5.41, 5.74) is 1.88. The molecule has 1 unspecified atom stereocenters. The highest BCUT2D eigenvalue weighted by Crippen LogP contribution is 2.25. The third-order valence-electron chi connectivity index (χ3n) is 4.81. The Morgan fingerprint density at radius 2 is 1.92 bits per heavy atom. The highest BCUT2D eigenvalue weighted by molar-refractivity contribution is 5.95. The van der Waals surface area contributed by atoms with Crippen LogP contribution in [0.25, 0.3) is 0 Å². The van der Waals surface area contributed by atoms with Gasteiger partial charge >= 0.3 is 0 Å². The molecule has 132 valence electrons. The largest absolute Gasteiger partial charge is 0.325 e. The van der Waals surface area contributed by atoms with Crippen LogP contribution in [0.15, 0.2) is 24.3 Å². The van der Waals surface area contributed by atoms with Gasteiger partial charge in [0.25, 0.3) is 5.92 Å². The molecule has 0 saturated carbocycles. The second-order valence-electron chi connectivity index (χ2n) is 6.83. The number of nitrogens with one attached hydrogen (secondary N) is 2. The number of benzene rings is 1. The van der Waals surface area contributed by atoms with Gasteiger partial charge in [0.2, 0.25) is 5.91 Å². The molecule has 2 heterocycles. The average molecular weight is 337 g/mol. The van der Waals surface area contributed by atoms with Gasteiger partial charge in [-0.25, -0.2) is 8.78 Å². The van der Waals surface area contributed by atoms with Crippen LogP contribution in [0.4, 0.5) is 14.5 Å². The Bertz CT molecular complexity index is 556. The SMILES string of the molecule is O=C(Nc1ccc(CCN2CCCCC2)cc1)C1CC(F)(F)CN1. The van der Waals surface area contributed by atoms with Crippen LogP contribution in [0.3, 0.4) is 0 Å². The van der Waals surface area contributed by atoms with E-state index in [1.54, 1.807) is 0 Å². The Labute approximate surface area is 141 Å². The topological polar surface area (TPSA) is 44.4 Å². The fourth-order valence-corrected chi connectivity index (χ4v) is 3.36. The molecule has 0 bridgehead atoms. The molecular weight excluding hydrogens is 312 g/mol. The molecule has 1 aromatic carbocycles. The summed E-state index contributed by atoms with van der Waals surface area (Å²) >= 11 is 0. The van der Waals surface area contributed by atoms with Crippen LogP contribution in [0.5, 0.6) is 0 Å². The van der Waals surface area contributed by atoms with Gasteiger partial charge in [0.1, 0.15) is 0 Å². The number of rotatable bonds is 5. The van der Waals surface area contributed by atoms with E-state index < -0.39 is 30.8 Å². The van der Waals surface area contributed by atoms with E-state index in [1.807, 2.05) is 24.3 Å². The molecule has 0 aliphatic carbocycles. The molecule has 0 radical (unpaired) electrons. The summed E-state index contributed by atoms with van der Waals surface area (Å²) in [6.07, 6.45) is 4.47. The van der Waals surface area contributed by atoms with Crippen molar-refractivity contribution in [3.63, 3.8) is 0 Å². The Morgan fingerprint density at radius 3 is 2.54 bits per heavy atom. The maximum atomic E-state index is 13.1. The normalized spacial score (nSPS) is 24.0. The minimum Gasteiger partial charge on any atom is -0.325 e. The first-order valence-corrected chi connectivity index (χ1v) is 8.75. The number of anilines is 1. The van der Waals surface area contributed by atoms with E-state index in [0.29, 0.717) is 5.69 Å². The highest BCUT2D eigenvalue weighted by atomic mass is 19.3. The van der Waals surface area contributed by atoms with E-state index >= 15 is 0 Å². The smallest absolute Gasteiger partial charge is 0.262 e. The summed E-state index contributed by atoms with van der Waals surface area (Å²) in [4.78, 5) is 14.5. The third-order valence-corrected chi connectivity index (χ3v) is 4.81. The van der Waals surface area contributed by atoms with Crippen molar-refractivity contribution in [2.24, 2.45) is 0 Å². The fourth-order valence-electron chi connectivity index (χ4n) is 3.36. The second kappa shape index (κ2) is 7.57. The van der Waals surface area contributed by atoms with Gasteiger partial charge in [-0.3, -0.25) is 10.1 Å². The summed E-state index contributed by atoms with van der Waals surface area (Å²) in [7, 11) is 0. The van der Waals surface area contributed by atoms with Crippen LogP contribution in [-0.4, -0.2) is 49.0 Å². The quantitative estimate of drug-likeness (QED) is 0.868. The number of likely N-dealkylation sites (tertiary alicyclic amines) is 1. The van der Waals surface area contributed by atoms with E-state index in [2.05, 4.69) is 15.5 Å². The first-order valence-electron chi connectivity index (χ1n) is 8.75. The van der Waals surface area contributed by atoms with Crippen LogP contribution < -0.4 is 10.6 Å². The van der Waals surface area contributed by atoms with Crippen LogP contribution in [0.1, 0.15) is 31.2 Å². The van der Waals surface area contributed by atoms with Gasteiger partial charge in [-0.2, -0.15) is 0 Å². The van der Waals surface area contributed by atoms with Crippen molar-refractivity contribution in [2.75, 3.05) is 31.5 Å². The maximum absolute atomic E-state index is 13.1. The maximum Gasteiger partial charge on any atom is 0.262 e. The average Bonchev–Trinajstić information content (AvgIpc) is 2.95. The first kappa shape index (κ1) is 17.3. The number of piperidine rings is 1. The van der Waals surface area contributed by atoms with Crippen molar-refractivity contribution >= 4 is 11.6 Å². The molecule has 0 aromatic heterocycles. The zero-order chi connectivity index (χ0) is 17.0. The van der Waals surface area contributed by atoms with Gasteiger partial charge < -0.3 is 10.2 Å². The lowest BCUT2D eigenvalue weighted by atomic mass is 10.1. The zero-order valence-electron chi connectivity index (χ0n) is 13.9. The third kappa shape index (κ3) is 4.74. The molecule has 1 atom stereocenters. The Hall–Kier alpha value is -1.53. The summed E-state index contributed by atoms with van der Waals surface area (Å²) in [6, 6.07) is 6.86. The highest BCUT2D eigenvalue weighted by Gasteiger charge is 2.42. The van der Waals surface area contributed by atoms with Crippen molar-refractivity contribution in [1.82, 2.24) is 10.2 Å². The summed E-state index contributed by atoms with van der Waals surface area (Å²) < 4.78 is 26.3. The van der Waals surface area contributed by atoms with Crippen molar-refractivity contribution < 1.29 is 13.6 Å². The standard InChI is InChI=1S/C18H25F2N3O/c19-18(20)12-16(21-13-18)17(24)22-15-6-4-14(5-7-15)8-11-23-9-2-1-3-10-23/h4-7,16,21H,1-3,8-13H2,(H,22,24). The number of hydrogen-bond donors (Lipinski definition) is 2. The van der Waals surface area contributed by atoms with E-state index in [-0.39, 0.29) is 0 Å². The Morgan fingerprint density at radius 1 is 1.21 bits per heavy atom. The summed E-state index contributed by atoms with van der Waals surface area (Å²) in [6.45, 7) is 3.01. The van der Waals surface area contributed by atoms with Crippen LogP contribution >= 0.6 is 0 Å². The van der Waals surface area contributed by atoms with E-state index in [1.165, 1.54) is 37.9 Å². The first-order chi connectivity index (χ1) is 11.5. The van der Waals surface area contributed by atoms with Gasteiger partial charge in [0.05, 0.1) is 12.6 Å². The van der Waals surface area contributed by atoms with Gasteiger partial charge in [0, 0.05) is 18.7 Å². The number of hydrogen-bond acceptors (Lipinski definition) is 3. The predicted molar refractivity (Wildman–Crippen MR) is 90.4 cm³/mol. The molecule has 6 heteroatoms. The van der Waals surface area contributed by atoms with Crippen molar-refractivity contribution in [3.05, 3.63) is 29.8 Å². The van der Waals surface area contributed by atoms with Crippen LogP contribution in [0, 0.1) is 0 Å². The molecule has 1 aromatic rings. The van der Waals surface area contributed by atoms with Crippen molar-refractivity contribution in [3.8, 4) is 0 Å². The number of nitrogens with zero attached hydrogens (tertiary/aromatic N) is 1. The molecule has 2 aliphatic rings. The lowest BCUT2D eigenvalue weighted by Crippen LogP contribution is -2.35. The Kier molecular flexibility index (Phi) is 5.46.